The molecule has 0 spiro atoms. The first-order chi connectivity index (χ1) is 24.9. The van der Waals surface area contributed by atoms with Crippen LogP contribution in [-0.2, 0) is 16.6 Å². The third-order valence-corrected chi connectivity index (χ3v) is 12.1. The van der Waals surface area contributed by atoms with Crippen molar-refractivity contribution in [2.45, 2.75) is 75.8 Å². The molecule has 3 aliphatic heterocycles. The minimum atomic E-state index is -1.77. The predicted octanol–water partition coefficient (Wildman–Crippen LogP) is 7.62. The third kappa shape index (κ3) is 7.49. The van der Waals surface area contributed by atoms with Crippen molar-refractivity contribution in [3.8, 4) is 17.2 Å². The fourth-order valence-electron chi connectivity index (χ4n) is 7.49. The second-order valence-corrected chi connectivity index (χ2v) is 15.8. The Bertz CT molecular complexity index is 2150. The van der Waals surface area contributed by atoms with Crippen LogP contribution < -0.4 is 5.32 Å². The van der Waals surface area contributed by atoms with Crippen molar-refractivity contribution in [3.63, 3.8) is 0 Å². The highest BCUT2D eigenvalue weighted by atomic mass is 35.5. The Balaban J connectivity index is 0.000000229. The summed E-state index contributed by atoms with van der Waals surface area (Å²) in [7, 11) is 10.2. The van der Waals surface area contributed by atoms with E-state index in [9.17, 15) is 10.1 Å². The molecule has 264 valence electrons. The van der Waals surface area contributed by atoms with Gasteiger partial charge in [-0.3, -0.25) is 4.79 Å². The maximum absolute atomic E-state index is 16.3. The topological polar surface area (TPSA) is 118 Å². The predicted molar refractivity (Wildman–Crippen MR) is 206 cm³/mol. The first-order valence-electron chi connectivity index (χ1n) is 17.6. The zero-order chi connectivity index (χ0) is 36.7. The fourth-order valence-corrected chi connectivity index (χ4v) is 8.45. The summed E-state index contributed by atoms with van der Waals surface area (Å²) < 4.78 is 16.3. The Labute approximate surface area is 318 Å². The normalized spacial score (nSPS) is 20.5. The van der Waals surface area contributed by atoms with E-state index in [1.54, 1.807) is 23.6 Å². The first kappa shape index (κ1) is 36.9. The molecule has 5 aliphatic rings. The number of nitrogens with one attached hydrogen (secondary N) is 2. The van der Waals surface area contributed by atoms with E-state index < -0.39 is 11.2 Å². The lowest BCUT2D eigenvalue weighted by Gasteiger charge is -2.24. The van der Waals surface area contributed by atoms with E-state index in [0.29, 0.717) is 44.2 Å². The van der Waals surface area contributed by atoms with Gasteiger partial charge in [0.1, 0.15) is 26.2 Å². The average Bonchev–Trinajstić information content (AvgIpc) is 3.72. The smallest absolute Gasteiger partial charge is 0.226 e. The number of aliphatic hydroxyl groups is 1. The lowest BCUT2D eigenvalue weighted by atomic mass is 9.66. The highest BCUT2D eigenvalue weighted by molar-refractivity contribution is 7.10. The summed E-state index contributed by atoms with van der Waals surface area (Å²) in [6.45, 7) is 3.95. The number of H-pyrrole nitrogens is 1. The van der Waals surface area contributed by atoms with Gasteiger partial charge in [0.05, 0.1) is 27.7 Å². The van der Waals surface area contributed by atoms with Crippen LogP contribution in [0.4, 0.5) is 4.39 Å². The third-order valence-electron chi connectivity index (χ3n) is 10.4. The molecule has 14 heteroatoms. The molecule has 3 saturated heterocycles. The van der Waals surface area contributed by atoms with Crippen molar-refractivity contribution in [2.75, 3.05) is 13.1 Å². The van der Waals surface area contributed by atoms with E-state index in [1.807, 2.05) is 17.9 Å². The number of fused-ring (bicyclic) bond motifs is 4. The monoisotopic (exact) mass is 752 g/mol. The van der Waals surface area contributed by atoms with Gasteiger partial charge in [0.2, 0.25) is 5.91 Å². The Morgan fingerprint density at radius 2 is 2.00 bits per heavy atom. The van der Waals surface area contributed by atoms with Crippen molar-refractivity contribution in [2.24, 2.45) is 11.8 Å². The van der Waals surface area contributed by atoms with Crippen LogP contribution in [0.5, 0.6) is 0 Å². The zero-order valence-corrected chi connectivity index (χ0v) is 31.1. The van der Waals surface area contributed by atoms with E-state index in [4.69, 9.17) is 44.0 Å². The van der Waals surface area contributed by atoms with Crippen molar-refractivity contribution < 1.29 is 14.3 Å². The number of hydrogen-bond acceptors (Lipinski definition) is 7. The Morgan fingerprint density at radius 3 is 2.60 bits per heavy atom. The maximum Gasteiger partial charge on any atom is 0.226 e. The number of amides is 1. The van der Waals surface area contributed by atoms with Crippen LogP contribution in [-0.4, -0.2) is 65.7 Å². The standard InChI is InChI=1S/C29H25Cl2FN4O.C5H9N.C4H3B2NOS/c1-15-19-14-22(23-8-4-12-36(23)29(37)16-9-10-16)35-27(19)20-13-17(5-3-11-33)24(26(32)28(20)34-15)18-6-2-7-21(30)25(18)31;1-4-2-5(1)6-3-4;5-4(6,8)3-7-1-2-9-3/h2,6-7,13-14,16,23,35H,3-5,8-10,12H2,1H3;4-6H,1-3H2;1-2,8H. The molecule has 2 aromatic carbocycles. The van der Waals surface area contributed by atoms with Gasteiger partial charge >= 0.3 is 0 Å². The highest BCUT2D eigenvalue weighted by Gasteiger charge is 2.39. The fraction of sp³-hybridized carbons (Fsp3) is 0.421. The summed E-state index contributed by atoms with van der Waals surface area (Å²) in [5.74, 6) is 1.01. The molecule has 8 nitrogen and oxygen atoms in total. The summed E-state index contributed by atoms with van der Waals surface area (Å²) in [5, 5.41) is 24.0. The van der Waals surface area contributed by atoms with Crippen LogP contribution in [0.25, 0.3) is 32.9 Å². The molecular weight excluding hydrogens is 716 g/mol. The van der Waals surface area contributed by atoms with E-state index >= 15 is 4.39 Å². The Hall–Kier alpha value is -3.46. The molecule has 6 heterocycles. The van der Waals surface area contributed by atoms with Crippen LogP contribution in [0.3, 0.4) is 0 Å². The van der Waals surface area contributed by atoms with Gasteiger partial charge in [0, 0.05) is 75.2 Å². The lowest BCUT2D eigenvalue weighted by Crippen LogP contribution is -2.31. The van der Waals surface area contributed by atoms with Crippen LogP contribution in [0.15, 0.2) is 41.9 Å². The molecule has 2 aliphatic carbocycles. The van der Waals surface area contributed by atoms with Crippen LogP contribution in [0.2, 0.25) is 10.0 Å². The van der Waals surface area contributed by atoms with E-state index in [1.165, 1.54) is 36.9 Å². The molecular formula is C38H37B2Cl2FN6O2S. The number of pyridine rings is 1. The molecule has 5 aromatic rings. The van der Waals surface area contributed by atoms with Gasteiger partial charge in [0.25, 0.3) is 0 Å². The molecule has 52 heavy (non-hydrogen) atoms. The SMILES string of the molecule is C1NC2CC1C2.Cc1nc2c(F)c(-c3cccc(Cl)c3Cl)c(CCC#N)cc2c2[nH]c(C3CCCN3C(=O)C3CC3)cc12.[B]C([B])(O)c1nccs1. The summed E-state index contributed by atoms with van der Waals surface area (Å²) in [4.78, 5) is 26.8. The van der Waals surface area contributed by atoms with Gasteiger partial charge in [-0.2, -0.15) is 5.26 Å². The van der Waals surface area contributed by atoms with Gasteiger partial charge in [-0.05, 0) is 88.1 Å². The quantitative estimate of drug-likeness (QED) is 0.154. The maximum atomic E-state index is 16.3. The van der Waals surface area contributed by atoms with Gasteiger partial charge in [-0.1, -0.05) is 35.3 Å². The molecule has 4 radical (unpaired) electrons. The molecule has 2 bridgehead atoms. The number of benzene rings is 2. The number of rotatable bonds is 6. The minimum Gasteiger partial charge on any atom is -0.402 e. The highest BCUT2D eigenvalue weighted by Crippen LogP contribution is 2.43. The number of halogens is 3. The van der Waals surface area contributed by atoms with Crippen LogP contribution in [0.1, 0.15) is 72.9 Å². The number of nitriles is 1. The average molecular weight is 753 g/mol. The second kappa shape index (κ2) is 15.1. The Kier molecular flexibility index (Phi) is 10.7. The molecule has 1 unspecified atom stereocenters. The van der Waals surface area contributed by atoms with Gasteiger partial charge < -0.3 is 20.3 Å². The number of carbonyl (C=O) groups excluding carboxylic acids is 1. The van der Waals surface area contributed by atoms with Crippen LogP contribution in [0, 0.1) is 35.9 Å². The largest absolute Gasteiger partial charge is 0.402 e. The molecule has 1 atom stereocenters. The van der Waals surface area contributed by atoms with Gasteiger partial charge in [-0.15, -0.1) is 11.3 Å². The molecule has 2 saturated carbocycles. The molecule has 3 N–H and O–H groups in total. The van der Waals surface area contributed by atoms with Gasteiger partial charge in [-0.25, -0.2) is 14.4 Å². The second-order valence-electron chi connectivity index (χ2n) is 14.2. The van der Waals surface area contributed by atoms with E-state index in [2.05, 4.69) is 32.4 Å². The number of thiazole rings is 1. The number of nitrogens with zero attached hydrogens (tertiary/aromatic N) is 4. The van der Waals surface area contributed by atoms with Crippen molar-refractivity contribution in [1.82, 2.24) is 25.2 Å². The number of likely N-dealkylation sites (tertiary alicyclic amines) is 1. The molecule has 10 rings (SSSR count). The van der Waals surface area contributed by atoms with Crippen molar-refractivity contribution >= 4 is 77.9 Å². The zero-order valence-electron chi connectivity index (χ0n) is 28.8. The molecule has 3 aromatic heterocycles. The summed E-state index contributed by atoms with van der Waals surface area (Å²) >= 11 is 14.0. The van der Waals surface area contributed by atoms with E-state index in [-0.39, 0.29) is 34.8 Å². The lowest BCUT2D eigenvalue weighted by molar-refractivity contribution is -0.133. The number of carbonyl (C=O) groups is 1. The summed E-state index contributed by atoms with van der Waals surface area (Å²) in [6, 6.07) is 12.2. The number of hydrogen-bond donors (Lipinski definition) is 3. The summed E-state index contributed by atoms with van der Waals surface area (Å²) in [6.07, 6.45) is 8.89. The van der Waals surface area contributed by atoms with E-state index in [0.717, 1.165) is 60.8 Å². The first-order valence-corrected chi connectivity index (χ1v) is 19.3. The summed E-state index contributed by atoms with van der Waals surface area (Å²) in [5.41, 5.74) is 4.17. The van der Waals surface area contributed by atoms with Crippen molar-refractivity contribution in [3.05, 3.63) is 79.7 Å². The Morgan fingerprint density at radius 1 is 1.21 bits per heavy atom. The number of aromatic nitrogens is 3. The van der Waals surface area contributed by atoms with Crippen molar-refractivity contribution in [1.29, 1.82) is 5.26 Å². The minimum absolute atomic E-state index is 0.0117. The van der Waals surface area contributed by atoms with Crippen LogP contribution >= 0.6 is 34.5 Å². The van der Waals surface area contributed by atoms with Gasteiger partial charge in [0.15, 0.2) is 5.82 Å². The molecule has 5 fully saturated rings. The molecule has 1 amide bonds. The number of aromatic amines is 1. The number of aryl methyl sites for hydroxylation is 2.